The van der Waals surface area contributed by atoms with E-state index in [1.807, 2.05) is 0 Å². The number of carbonyl (C=O) groups is 1. The summed E-state index contributed by atoms with van der Waals surface area (Å²) in [6, 6.07) is 0. The van der Waals surface area contributed by atoms with Crippen molar-refractivity contribution in [2.45, 2.75) is 64.9 Å². The molecule has 2 aromatic rings. The lowest BCUT2D eigenvalue weighted by Gasteiger charge is -2.17. The second-order valence-electron chi connectivity index (χ2n) is 7.54. The van der Waals surface area contributed by atoms with E-state index in [2.05, 4.69) is 16.9 Å². The highest BCUT2D eigenvalue weighted by molar-refractivity contribution is 7.18. The highest BCUT2D eigenvalue weighted by atomic mass is 32.1. The number of hydrogen-bond donors (Lipinski definition) is 1. The topological polar surface area (TPSA) is 72.0 Å². The van der Waals surface area contributed by atoms with Gasteiger partial charge in [0, 0.05) is 4.88 Å². The van der Waals surface area contributed by atoms with Gasteiger partial charge in [0.2, 0.25) is 0 Å². The molecule has 0 unspecified atom stereocenters. The Kier molecular flexibility index (Phi) is 4.40. The van der Waals surface area contributed by atoms with E-state index in [0.29, 0.717) is 11.7 Å². The number of esters is 1. The van der Waals surface area contributed by atoms with Gasteiger partial charge in [-0.3, -0.25) is 9.59 Å². The molecular weight excluding hydrogens is 336 g/mol. The minimum Gasteiger partial charge on any atom is -0.454 e. The van der Waals surface area contributed by atoms with Crippen molar-refractivity contribution in [2.75, 3.05) is 0 Å². The fourth-order valence-corrected chi connectivity index (χ4v) is 5.44. The molecule has 1 N–H and O–H groups in total. The third-order valence-electron chi connectivity index (χ3n) is 5.55. The van der Waals surface area contributed by atoms with Crippen LogP contribution in [0.25, 0.3) is 10.2 Å². The van der Waals surface area contributed by atoms with E-state index in [9.17, 15) is 9.59 Å². The van der Waals surface area contributed by atoms with Crippen LogP contribution in [0.2, 0.25) is 0 Å². The number of thiophene rings is 1. The summed E-state index contributed by atoms with van der Waals surface area (Å²) in [6.45, 7) is 4.04. The first-order valence-corrected chi connectivity index (χ1v) is 10.1. The average Bonchev–Trinajstić information content (AvgIpc) is 3.21. The van der Waals surface area contributed by atoms with Gasteiger partial charge in [0.1, 0.15) is 4.83 Å². The molecule has 4 rings (SSSR count). The van der Waals surface area contributed by atoms with E-state index in [-0.39, 0.29) is 17.4 Å². The molecule has 2 heterocycles. The Morgan fingerprint density at radius 3 is 2.84 bits per heavy atom. The summed E-state index contributed by atoms with van der Waals surface area (Å²) in [5, 5.41) is 0.741. The van der Waals surface area contributed by atoms with Crippen molar-refractivity contribution < 1.29 is 9.53 Å². The molecule has 134 valence electrons. The van der Waals surface area contributed by atoms with Crippen LogP contribution in [0.1, 0.15) is 68.3 Å². The molecule has 2 aromatic heterocycles. The number of nitrogens with one attached hydrogen (secondary N) is 1. The molecule has 0 aliphatic heterocycles. The van der Waals surface area contributed by atoms with Crippen molar-refractivity contribution in [3.63, 3.8) is 0 Å². The summed E-state index contributed by atoms with van der Waals surface area (Å²) < 4.78 is 5.58. The first-order valence-electron chi connectivity index (χ1n) is 9.28. The van der Waals surface area contributed by atoms with Crippen LogP contribution in [0.5, 0.6) is 0 Å². The largest absolute Gasteiger partial charge is 0.454 e. The summed E-state index contributed by atoms with van der Waals surface area (Å²) in [5.41, 5.74) is 1.07. The van der Waals surface area contributed by atoms with Crippen molar-refractivity contribution in [1.82, 2.24) is 9.97 Å². The fraction of sp³-hybridized carbons (Fsp3) is 0.632. The molecule has 2 aliphatic rings. The minimum absolute atomic E-state index is 0.00782. The van der Waals surface area contributed by atoms with Gasteiger partial charge in [-0.2, -0.15) is 0 Å². The Bertz CT molecular complexity index is 863. The van der Waals surface area contributed by atoms with Gasteiger partial charge in [0.25, 0.3) is 5.56 Å². The molecule has 25 heavy (non-hydrogen) atoms. The summed E-state index contributed by atoms with van der Waals surface area (Å²) >= 11 is 1.62. The number of carbonyl (C=O) groups excluding carboxylic acids is 1. The Morgan fingerprint density at radius 2 is 2.08 bits per heavy atom. The van der Waals surface area contributed by atoms with Crippen LogP contribution in [-0.2, 0) is 22.4 Å². The van der Waals surface area contributed by atoms with Crippen molar-refractivity contribution in [2.24, 2.45) is 11.8 Å². The van der Waals surface area contributed by atoms with Crippen LogP contribution >= 0.6 is 11.3 Å². The number of fused-ring (bicyclic) bond motifs is 3. The zero-order valence-electron chi connectivity index (χ0n) is 14.8. The predicted octanol–water partition coefficient (Wildman–Crippen LogP) is 3.90. The molecule has 0 spiro atoms. The highest BCUT2D eigenvalue weighted by Gasteiger charge is 2.28. The molecule has 0 aromatic carbocycles. The molecule has 0 saturated heterocycles. The van der Waals surface area contributed by atoms with Crippen molar-refractivity contribution in [3.05, 3.63) is 26.6 Å². The van der Waals surface area contributed by atoms with Gasteiger partial charge in [-0.25, -0.2) is 4.98 Å². The van der Waals surface area contributed by atoms with Gasteiger partial charge in [-0.05, 0) is 50.5 Å². The highest BCUT2D eigenvalue weighted by Crippen LogP contribution is 2.36. The number of ether oxygens (including phenoxy) is 1. The maximum atomic E-state index is 12.6. The van der Waals surface area contributed by atoms with Crippen LogP contribution in [0, 0.1) is 11.8 Å². The molecule has 1 fully saturated rings. The number of aromatic amines is 1. The summed E-state index contributed by atoms with van der Waals surface area (Å²) in [5.74, 6) is 0.960. The minimum atomic E-state index is -0.525. The normalized spacial score (nSPS) is 22.1. The Morgan fingerprint density at radius 1 is 1.32 bits per heavy atom. The summed E-state index contributed by atoms with van der Waals surface area (Å²) in [7, 11) is 0. The lowest BCUT2D eigenvalue weighted by Crippen LogP contribution is -2.21. The van der Waals surface area contributed by atoms with Gasteiger partial charge < -0.3 is 9.72 Å². The van der Waals surface area contributed by atoms with Crippen LogP contribution in [-0.4, -0.2) is 15.9 Å². The number of aromatic nitrogens is 2. The third-order valence-corrected chi connectivity index (χ3v) is 6.70. The van der Waals surface area contributed by atoms with Gasteiger partial charge in [-0.1, -0.05) is 19.8 Å². The Balaban J connectivity index is 1.62. The number of nitrogens with zero attached hydrogens (tertiary/aromatic N) is 1. The number of hydrogen-bond acceptors (Lipinski definition) is 5. The zero-order chi connectivity index (χ0) is 17.6. The predicted molar refractivity (Wildman–Crippen MR) is 97.9 cm³/mol. The first kappa shape index (κ1) is 16.8. The average molecular weight is 360 g/mol. The first-order chi connectivity index (χ1) is 12.0. The van der Waals surface area contributed by atoms with Gasteiger partial charge >= 0.3 is 5.97 Å². The molecule has 2 aliphatic carbocycles. The van der Waals surface area contributed by atoms with Crippen LogP contribution < -0.4 is 5.56 Å². The summed E-state index contributed by atoms with van der Waals surface area (Å²) in [4.78, 5) is 34.4. The Labute approximate surface area is 150 Å². The van der Waals surface area contributed by atoms with E-state index in [1.54, 1.807) is 18.3 Å². The van der Waals surface area contributed by atoms with Crippen molar-refractivity contribution in [1.29, 1.82) is 0 Å². The Hall–Kier alpha value is -1.69. The SMILES string of the molecule is C[C@H]1CCc2c(sc3nc([C@H](C)OC(=O)C4CCCC4)[nH]c(=O)c23)C1. The quantitative estimate of drug-likeness (QED) is 0.843. The second kappa shape index (κ2) is 6.56. The third kappa shape index (κ3) is 3.12. The number of H-pyrrole nitrogens is 1. The standard InChI is InChI=1S/C19H24N2O3S/c1-10-7-8-13-14(9-10)25-18-15(13)17(22)20-16(21-18)11(2)24-19(23)12-5-3-4-6-12/h10-12H,3-9H2,1-2H3,(H,20,21,22)/t10-,11-/m0/s1. The monoisotopic (exact) mass is 360 g/mol. The molecule has 2 atom stereocenters. The van der Waals surface area contributed by atoms with E-state index < -0.39 is 6.10 Å². The molecule has 0 radical (unpaired) electrons. The van der Waals surface area contributed by atoms with E-state index in [1.165, 1.54) is 10.4 Å². The lowest BCUT2D eigenvalue weighted by molar-refractivity contribution is -0.153. The zero-order valence-corrected chi connectivity index (χ0v) is 15.6. The van der Waals surface area contributed by atoms with Crippen LogP contribution in [0.3, 0.4) is 0 Å². The van der Waals surface area contributed by atoms with E-state index in [4.69, 9.17) is 4.74 Å². The van der Waals surface area contributed by atoms with Gasteiger partial charge in [0.05, 0.1) is 11.3 Å². The maximum Gasteiger partial charge on any atom is 0.309 e. The second-order valence-corrected chi connectivity index (χ2v) is 8.63. The summed E-state index contributed by atoms with van der Waals surface area (Å²) in [6.07, 6.45) is 6.57. The van der Waals surface area contributed by atoms with Gasteiger partial charge in [-0.15, -0.1) is 11.3 Å². The van der Waals surface area contributed by atoms with Crippen LogP contribution in [0.4, 0.5) is 0 Å². The molecular formula is C19H24N2O3S. The van der Waals surface area contributed by atoms with E-state index >= 15 is 0 Å². The molecule has 0 bridgehead atoms. The number of rotatable bonds is 3. The van der Waals surface area contributed by atoms with Crippen molar-refractivity contribution in [3.8, 4) is 0 Å². The smallest absolute Gasteiger partial charge is 0.309 e. The molecule has 1 saturated carbocycles. The number of aryl methyl sites for hydroxylation is 1. The molecule has 0 amide bonds. The van der Waals surface area contributed by atoms with Crippen molar-refractivity contribution >= 4 is 27.5 Å². The lowest BCUT2D eigenvalue weighted by atomic mass is 9.89. The fourth-order valence-electron chi connectivity index (χ4n) is 4.05. The molecule has 5 nitrogen and oxygen atoms in total. The molecule has 6 heteroatoms. The van der Waals surface area contributed by atoms with Crippen LogP contribution in [0.15, 0.2) is 4.79 Å². The van der Waals surface area contributed by atoms with E-state index in [0.717, 1.165) is 55.2 Å². The van der Waals surface area contributed by atoms with Gasteiger partial charge in [0.15, 0.2) is 11.9 Å². The maximum absolute atomic E-state index is 12.6.